The second-order valence-electron chi connectivity index (χ2n) is 3.41. The van der Waals surface area contributed by atoms with Crippen molar-refractivity contribution < 1.29 is 9.31 Å². The molecule has 4 nitrogen and oxygen atoms in total. The van der Waals surface area contributed by atoms with E-state index in [1.165, 1.54) is 30.3 Å². The quantitative estimate of drug-likeness (QED) is 0.651. The van der Waals surface area contributed by atoms with Gasteiger partial charge >= 0.3 is 0 Å². The minimum absolute atomic E-state index is 0.00378. The number of nitro benzene ring substituents is 1. The molecule has 2 aromatic carbocycles. The number of nitrogens with one attached hydrogen (secondary N) is 1. The summed E-state index contributed by atoms with van der Waals surface area (Å²) in [6.07, 6.45) is 0. The number of halogens is 1. The molecule has 0 aliphatic rings. The lowest BCUT2D eigenvalue weighted by Gasteiger charge is -2.06. The van der Waals surface area contributed by atoms with Crippen LogP contribution in [0.1, 0.15) is 0 Å². The van der Waals surface area contributed by atoms with Crippen molar-refractivity contribution in [3.8, 4) is 0 Å². The van der Waals surface area contributed by atoms with E-state index in [4.69, 9.17) is 0 Å². The van der Waals surface area contributed by atoms with E-state index in [9.17, 15) is 14.5 Å². The van der Waals surface area contributed by atoms with Crippen LogP contribution in [0.15, 0.2) is 48.5 Å². The molecule has 0 radical (unpaired) electrons. The highest BCUT2D eigenvalue weighted by molar-refractivity contribution is 5.61. The van der Waals surface area contributed by atoms with Crippen LogP contribution in [0.4, 0.5) is 21.5 Å². The van der Waals surface area contributed by atoms with Crippen molar-refractivity contribution in [2.75, 3.05) is 5.32 Å². The van der Waals surface area contributed by atoms with Crippen LogP contribution in [-0.4, -0.2) is 4.92 Å². The molecular formula is C12H9FN2O2. The third-order valence-corrected chi connectivity index (χ3v) is 2.23. The largest absolute Gasteiger partial charge is 0.353 e. The molecule has 0 fully saturated rings. The zero-order valence-electron chi connectivity index (χ0n) is 8.76. The number of para-hydroxylation sites is 1. The number of anilines is 2. The number of nitro groups is 1. The molecule has 5 heteroatoms. The molecule has 0 aliphatic carbocycles. The average molecular weight is 232 g/mol. The highest BCUT2D eigenvalue weighted by Gasteiger charge is 2.05. The Bertz CT molecular complexity index is 540. The molecule has 0 amide bonds. The Morgan fingerprint density at radius 3 is 2.29 bits per heavy atom. The van der Waals surface area contributed by atoms with Gasteiger partial charge in [-0.2, -0.15) is 0 Å². The fourth-order valence-electron chi connectivity index (χ4n) is 1.38. The van der Waals surface area contributed by atoms with Crippen molar-refractivity contribution in [3.63, 3.8) is 0 Å². The topological polar surface area (TPSA) is 55.2 Å². The molecule has 0 unspecified atom stereocenters. The Hall–Kier alpha value is -2.43. The number of nitrogens with zero attached hydrogens (tertiary/aromatic N) is 1. The smallest absolute Gasteiger partial charge is 0.269 e. The van der Waals surface area contributed by atoms with E-state index in [-0.39, 0.29) is 11.5 Å². The van der Waals surface area contributed by atoms with Gasteiger partial charge in [0.05, 0.1) is 10.6 Å². The van der Waals surface area contributed by atoms with E-state index in [1.54, 1.807) is 18.2 Å². The van der Waals surface area contributed by atoms with Crippen LogP contribution in [0, 0.1) is 15.9 Å². The Balaban J connectivity index is 2.20. The van der Waals surface area contributed by atoms with E-state index in [0.29, 0.717) is 11.4 Å². The summed E-state index contributed by atoms with van der Waals surface area (Å²) >= 11 is 0. The van der Waals surface area contributed by atoms with Crippen LogP contribution in [0.2, 0.25) is 0 Å². The van der Waals surface area contributed by atoms with Crippen molar-refractivity contribution in [2.24, 2.45) is 0 Å². The number of rotatable bonds is 3. The molecule has 0 saturated heterocycles. The Labute approximate surface area is 96.9 Å². The predicted octanol–water partition coefficient (Wildman–Crippen LogP) is 3.48. The van der Waals surface area contributed by atoms with Gasteiger partial charge < -0.3 is 5.32 Å². The molecule has 2 rings (SSSR count). The van der Waals surface area contributed by atoms with E-state index in [2.05, 4.69) is 5.32 Å². The molecule has 86 valence electrons. The van der Waals surface area contributed by atoms with Crippen LogP contribution in [-0.2, 0) is 0 Å². The normalized spacial score (nSPS) is 9.94. The van der Waals surface area contributed by atoms with E-state index in [0.717, 1.165) is 0 Å². The van der Waals surface area contributed by atoms with Crippen LogP contribution in [0.3, 0.4) is 0 Å². The molecule has 1 N–H and O–H groups in total. The van der Waals surface area contributed by atoms with Gasteiger partial charge in [0.25, 0.3) is 5.69 Å². The van der Waals surface area contributed by atoms with Gasteiger partial charge in [-0.05, 0) is 24.3 Å². The van der Waals surface area contributed by atoms with Gasteiger partial charge in [-0.3, -0.25) is 10.1 Å². The van der Waals surface area contributed by atoms with E-state index >= 15 is 0 Å². The lowest BCUT2D eigenvalue weighted by atomic mass is 10.2. The Morgan fingerprint density at radius 1 is 1.06 bits per heavy atom. The molecule has 0 bridgehead atoms. The van der Waals surface area contributed by atoms with Crippen molar-refractivity contribution >= 4 is 17.1 Å². The Kier molecular flexibility index (Phi) is 3.00. The van der Waals surface area contributed by atoms with Gasteiger partial charge in [0.1, 0.15) is 5.82 Å². The van der Waals surface area contributed by atoms with Crippen molar-refractivity contribution in [1.82, 2.24) is 0 Å². The van der Waals surface area contributed by atoms with Gasteiger partial charge in [-0.25, -0.2) is 4.39 Å². The molecule has 0 aliphatic heterocycles. The summed E-state index contributed by atoms with van der Waals surface area (Å²) in [5.41, 5.74) is 0.936. The first-order chi connectivity index (χ1) is 8.16. The average Bonchev–Trinajstić information content (AvgIpc) is 2.33. The first-order valence-corrected chi connectivity index (χ1v) is 4.93. The highest BCUT2D eigenvalue weighted by Crippen LogP contribution is 2.21. The maximum atomic E-state index is 13.3. The summed E-state index contributed by atoms with van der Waals surface area (Å²) in [6.45, 7) is 0. The van der Waals surface area contributed by atoms with Gasteiger partial charge in [0, 0.05) is 17.8 Å². The molecule has 17 heavy (non-hydrogen) atoms. The summed E-state index contributed by atoms with van der Waals surface area (Å²) in [4.78, 5) is 9.97. The minimum Gasteiger partial charge on any atom is -0.353 e. The fourth-order valence-corrected chi connectivity index (χ4v) is 1.38. The maximum Gasteiger partial charge on any atom is 0.269 e. The number of non-ortho nitro benzene ring substituents is 1. The van der Waals surface area contributed by atoms with Crippen LogP contribution < -0.4 is 5.32 Å². The molecule has 0 spiro atoms. The summed E-state index contributed by atoms with van der Waals surface area (Å²) in [5.74, 6) is -0.370. The SMILES string of the molecule is O=[N+]([O-])c1ccc(Nc2ccccc2F)cc1. The van der Waals surface area contributed by atoms with Crippen molar-refractivity contribution in [1.29, 1.82) is 0 Å². The number of hydrogen-bond acceptors (Lipinski definition) is 3. The molecule has 0 heterocycles. The Morgan fingerprint density at radius 2 is 1.71 bits per heavy atom. The van der Waals surface area contributed by atoms with Gasteiger partial charge in [-0.1, -0.05) is 12.1 Å². The van der Waals surface area contributed by atoms with Gasteiger partial charge in [-0.15, -0.1) is 0 Å². The summed E-state index contributed by atoms with van der Waals surface area (Å²) in [6, 6.07) is 12.0. The molecule has 0 saturated carbocycles. The minimum atomic E-state index is -0.479. The highest BCUT2D eigenvalue weighted by atomic mass is 19.1. The van der Waals surface area contributed by atoms with Gasteiger partial charge in [0.2, 0.25) is 0 Å². The maximum absolute atomic E-state index is 13.3. The standard InChI is InChI=1S/C12H9FN2O2/c13-11-3-1-2-4-12(11)14-9-5-7-10(8-6-9)15(16)17/h1-8,14H. The van der Waals surface area contributed by atoms with Crippen LogP contribution in [0.5, 0.6) is 0 Å². The summed E-state index contributed by atoms with van der Waals surface area (Å²) in [7, 11) is 0. The summed E-state index contributed by atoms with van der Waals surface area (Å²) < 4.78 is 13.3. The first-order valence-electron chi connectivity index (χ1n) is 4.93. The number of hydrogen-bond donors (Lipinski definition) is 1. The zero-order valence-corrected chi connectivity index (χ0v) is 8.76. The van der Waals surface area contributed by atoms with Crippen LogP contribution >= 0.6 is 0 Å². The second-order valence-corrected chi connectivity index (χ2v) is 3.41. The third-order valence-electron chi connectivity index (χ3n) is 2.23. The first kappa shape index (κ1) is 11.1. The molecule has 2 aromatic rings. The zero-order chi connectivity index (χ0) is 12.3. The molecule has 0 aromatic heterocycles. The van der Waals surface area contributed by atoms with E-state index in [1.807, 2.05) is 0 Å². The molecular weight excluding hydrogens is 223 g/mol. The van der Waals surface area contributed by atoms with Crippen LogP contribution in [0.25, 0.3) is 0 Å². The monoisotopic (exact) mass is 232 g/mol. The van der Waals surface area contributed by atoms with Gasteiger partial charge in [0.15, 0.2) is 0 Å². The third kappa shape index (κ3) is 2.57. The van der Waals surface area contributed by atoms with Crippen molar-refractivity contribution in [2.45, 2.75) is 0 Å². The van der Waals surface area contributed by atoms with Crippen molar-refractivity contribution in [3.05, 3.63) is 64.5 Å². The van der Waals surface area contributed by atoms with E-state index < -0.39 is 4.92 Å². The molecule has 0 atom stereocenters. The predicted molar refractivity (Wildman–Crippen MR) is 62.8 cm³/mol. The second kappa shape index (κ2) is 4.61. The fraction of sp³-hybridized carbons (Fsp3) is 0. The lowest BCUT2D eigenvalue weighted by molar-refractivity contribution is -0.384. The lowest BCUT2D eigenvalue weighted by Crippen LogP contribution is -1.94. The number of benzene rings is 2. The summed E-state index contributed by atoms with van der Waals surface area (Å²) in [5, 5.41) is 13.3.